The second-order valence-electron chi connectivity index (χ2n) is 6.39. The van der Waals surface area contributed by atoms with Gasteiger partial charge in [-0.05, 0) is 38.5 Å². The summed E-state index contributed by atoms with van der Waals surface area (Å²) in [6, 6.07) is 7.39. The molecule has 0 radical (unpaired) electrons. The monoisotopic (exact) mass is 348 g/mol. The van der Waals surface area contributed by atoms with E-state index < -0.39 is 0 Å². The molecule has 1 aliphatic rings. The van der Waals surface area contributed by atoms with Crippen LogP contribution in [-0.2, 0) is 20.8 Å². The van der Waals surface area contributed by atoms with Crippen LogP contribution in [0, 0.1) is 0 Å². The van der Waals surface area contributed by atoms with Crippen molar-refractivity contribution < 1.29 is 19.1 Å². The number of carbonyl (C=O) groups excluding carboxylic acids is 2. The average molecular weight is 348 g/mol. The molecule has 0 saturated carbocycles. The fourth-order valence-electron chi connectivity index (χ4n) is 2.89. The zero-order valence-corrected chi connectivity index (χ0v) is 15.3. The second-order valence-corrected chi connectivity index (χ2v) is 6.39. The molecule has 138 valence electrons. The van der Waals surface area contributed by atoms with Crippen molar-refractivity contribution in [3.8, 4) is 0 Å². The largest absolute Gasteiger partial charge is 0.381 e. The Balaban J connectivity index is 1.84. The highest BCUT2D eigenvalue weighted by Crippen LogP contribution is 2.15. The Kier molecular flexibility index (Phi) is 7.40. The van der Waals surface area contributed by atoms with Gasteiger partial charge in [0.15, 0.2) is 0 Å². The second kappa shape index (κ2) is 9.53. The molecule has 6 nitrogen and oxygen atoms in total. The number of nitrogens with zero attached hydrogens (tertiary/aromatic N) is 1. The highest BCUT2D eigenvalue weighted by atomic mass is 16.5. The topological polar surface area (TPSA) is 67.9 Å². The third-order valence-electron chi connectivity index (χ3n) is 4.07. The summed E-state index contributed by atoms with van der Waals surface area (Å²) in [5.41, 5.74) is 1.62. The van der Waals surface area contributed by atoms with E-state index in [1.807, 2.05) is 49.9 Å². The summed E-state index contributed by atoms with van der Waals surface area (Å²) in [6.45, 7) is 8.59. The summed E-state index contributed by atoms with van der Waals surface area (Å²) < 4.78 is 10.8. The van der Waals surface area contributed by atoms with E-state index in [9.17, 15) is 9.59 Å². The lowest BCUT2D eigenvalue weighted by atomic mass is 10.1. The smallest absolute Gasteiger partial charge is 0.254 e. The third kappa shape index (κ3) is 6.14. The third-order valence-corrected chi connectivity index (χ3v) is 4.07. The van der Waals surface area contributed by atoms with Gasteiger partial charge in [-0.15, -0.1) is 0 Å². The Morgan fingerprint density at radius 1 is 1.20 bits per heavy atom. The Morgan fingerprint density at radius 3 is 2.44 bits per heavy atom. The Labute approximate surface area is 149 Å². The number of morpholine rings is 1. The van der Waals surface area contributed by atoms with E-state index >= 15 is 0 Å². The molecule has 2 unspecified atom stereocenters. The zero-order valence-electron chi connectivity index (χ0n) is 15.3. The molecule has 1 saturated heterocycles. The van der Waals surface area contributed by atoms with Crippen molar-refractivity contribution in [3.63, 3.8) is 0 Å². The van der Waals surface area contributed by atoms with Gasteiger partial charge in [-0.3, -0.25) is 9.59 Å². The van der Waals surface area contributed by atoms with E-state index in [1.54, 1.807) is 0 Å². The van der Waals surface area contributed by atoms with Crippen LogP contribution >= 0.6 is 0 Å². The molecule has 2 rings (SSSR count). The minimum absolute atomic E-state index is 0.0225. The molecule has 6 heteroatoms. The maximum absolute atomic E-state index is 12.6. The maximum atomic E-state index is 12.6. The van der Waals surface area contributed by atoms with Crippen LogP contribution in [0.1, 0.15) is 43.1 Å². The molecule has 1 fully saturated rings. The minimum atomic E-state index is -0.0371. The number of carbonyl (C=O) groups is 2. The van der Waals surface area contributed by atoms with Gasteiger partial charge in [0.05, 0.1) is 18.8 Å². The fraction of sp³-hybridized carbons (Fsp3) is 0.579. The lowest BCUT2D eigenvalue weighted by Gasteiger charge is -2.35. The first-order chi connectivity index (χ1) is 12.0. The maximum Gasteiger partial charge on any atom is 0.254 e. The van der Waals surface area contributed by atoms with Crippen LogP contribution < -0.4 is 5.32 Å². The van der Waals surface area contributed by atoms with Gasteiger partial charge in [-0.2, -0.15) is 0 Å². The number of ether oxygens (including phenoxy) is 2. The molecule has 1 heterocycles. The minimum Gasteiger partial charge on any atom is -0.381 e. The molecule has 1 N–H and O–H groups in total. The number of rotatable bonds is 7. The lowest BCUT2D eigenvalue weighted by Crippen LogP contribution is -2.48. The van der Waals surface area contributed by atoms with Crippen molar-refractivity contribution in [2.24, 2.45) is 0 Å². The quantitative estimate of drug-likeness (QED) is 0.765. The fourth-order valence-corrected chi connectivity index (χ4v) is 2.89. The first kappa shape index (κ1) is 19.4. The zero-order chi connectivity index (χ0) is 18.2. The standard InChI is InChI=1S/C19H28N2O4/c1-4-24-10-9-18(22)20-11-16-5-7-17(8-6-16)19(23)21-12-14(2)25-15(3)13-21/h5-8,14-15H,4,9-13H2,1-3H3,(H,20,22). The van der Waals surface area contributed by atoms with Crippen molar-refractivity contribution in [2.45, 2.75) is 45.9 Å². The van der Waals surface area contributed by atoms with Crippen molar-refractivity contribution in [3.05, 3.63) is 35.4 Å². The average Bonchev–Trinajstić information content (AvgIpc) is 2.59. The molecule has 1 aromatic rings. The molecule has 0 spiro atoms. The summed E-state index contributed by atoms with van der Waals surface area (Å²) >= 11 is 0. The summed E-state index contributed by atoms with van der Waals surface area (Å²) in [4.78, 5) is 26.1. The van der Waals surface area contributed by atoms with Crippen molar-refractivity contribution in [2.75, 3.05) is 26.3 Å². The molecular formula is C19H28N2O4. The number of hydrogen-bond donors (Lipinski definition) is 1. The van der Waals surface area contributed by atoms with Gasteiger partial charge in [0.2, 0.25) is 5.91 Å². The first-order valence-corrected chi connectivity index (χ1v) is 8.87. The van der Waals surface area contributed by atoms with Crippen molar-refractivity contribution >= 4 is 11.8 Å². The van der Waals surface area contributed by atoms with Gasteiger partial charge < -0.3 is 19.7 Å². The Hall–Kier alpha value is -1.92. The summed E-state index contributed by atoms with van der Waals surface area (Å²) in [5, 5.41) is 2.85. The molecule has 2 amide bonds. The van der Waals surface area contributed by atoms with E-state index in [4.69, 9.17) is 9.47 Å². The van der Waals surface area contributed by atoms with Crippen LogP contribution in [0.4, 0.5) is 0 Å². The van der Waals surface area contributed by atoms with Crippen LogP contribution in [0.25, 0.3) is 0 Å². The summed E-state index contributed by atoms with van der Waals surface area (Å²) in [5.74, 6) is -0.0146. The predicted octanol–water partition coefficient (Wildman–Crippen LogP) is 1.98. The van der Waals surface area contributed by atoms with Gasteiger partial charge in [0.1, 0.15) is 0 Å². The molecule has 0 aliphatic carbocycles. The Bertz CT molecular complexity index is 563. The molecule has 25 heavy (non-hydrogen) atoms. The van der Waals surface area contributed by atoms with E-state index in [0.29, 0.717) is 44.8 Å². The molecule has 1 aliphatic heterocycles. The predicted molar refractivity (Wildman–Crippen MR) is 95.3 cm³/mol. The molecular weight excluding hydrogens is 320 g/mol. The molecule has 1 aromatic carbocycles. The first-order valence-electron chi connectivity index (χ1n) is 8.87. The highest BCUT2D eigenvalue weighted by Gasteiger charge is 2.26. The summed E-state index contributed by atoms with van der Waals surface area (Å²) in [7, 11) is 0. The van der Waals surface area contributed by atoms with E-state index in [0.717, 1.165) is 5.56 Å². The van der Waals surface area contributed by atoms with Crippen LogP contribution in [-0.4, -0.2) is 55.2 Å². The van der Waals surface area contributed by atoms with Crippen molar-refractivity contribution in [1.82, 2.24) is 10.2 Å². The van der Waals surface area contributed by atoms with Gasteiger partial charge in [-0.25, -0.2) is 0 Å². The van der Waals surface area contributed by atoms with Gasteiger partial charge in [0.25, 0.3) is 5.91 Å². The SMILES string of the molecule is CCOCCC(=O)NCc1ccc(C(=O)N2CC(C)OC(C)C2)cc1. The van der Waals surface area contributed by atoms with Crippen LogP contribution in [0.15, 0.2) is 24.3 Å². The number of amides is 2. The number of benzene rings is 1. The van der Waals surface area contributed by atoms with Crippen LogP contribution in [0.5, 0.6) is 0 Å². The molecule has 0 aromatic heterocycles. The number of hydrogen-bond acceptors (Lipinski definition) is 4. The van der Waals surface area contributed by atoms with Crippen LogP contribution in [0.3, 0.4) is 0 Å². The van der Waals surface area contributed by atoms with Gasteiger partial charge >= 0.3 is 0 Å². The normalized spacial score (nSPS) is 20.4. The van der Waals surface area contributed by atoms with Gasteiger partial charge in [0, 0.05) is 38.2 Å². The summed E-state index contributed by atoms with van der Waals surface area (Å²) in [6.07, 6.45) is 0.468. The van der Waals surface area contributed by atoms with Gasteiger partial charge in [-0.1, -0.05) is 12.1 Å². The van der Waals surface area contributed by atoms with E-state index in [1.165, 1.54) is 0 Å². The molecule has 0 bridgehead atoms. The van der Waals surface area contributed by atoms with E-state index in [2.05, 4.69) is 5.32 Å². The highest BCUT2D eigenvalue weighted by molar-refractivity contribution is 5.94. The van der Waals surface area contributed by atoms with Crippen LogP contribution in [0.2, 0.25) is 0 Å². The Morgan fingerprint density at radius 2 is 1.84 bits per heavy atom. The lowest BCUT2D eigenvalue weighted by molar-refractivity contribution is -0.122. The molecule has 2 atom stereocenters. The number of nitrogens with one attached hydrogen (secondary N) is 1. The van der Waals surface area contributed by atoms with Crippen molar-refractivity contribution in [1.29, 1.82) is 0 Å². The van der Waals surface area contributed by atoms with E-state index in [-0.39, 0.29) is 24.0 Å².